The van der Waals surface area contributed by atoms with E-state index in [0.717, 1.165) is 32.2 Å². The lowest BCUT2D eigenvalue weighted by molar-refractivity contribution is 0.0616. The van der Waals surface area contributed by atoms with Gasteiger partial charge in [-0.2, -0.15) is 0 Å². The van der Waals surface area contributed by atoms with Crippen molar-refractivity contribution in [3.8, 4) is 0 Å². The Kier molecular flexibility index (Phi) is 7.21. The Morgan fingerprint density at radius 1 is 1.24 bits per heavy atom. The van der Waals surface area contributed by atoms with E-state index in [2.05, 4.69) is 59.4 Å². The number of ether oxygens (including phenoxy) is 1. The number of rotatable bonds is 7. The van der Waals surface area contributed by atoms with Crippen LogP contribution in [0, 0.1) is 11.8 Å². The summed E-state index contributed by atoms with van der Waals surface area (Å²) in [4.78, 5) is 0. The van der Waals surface area contributed by atoms with E-state index in [0.29, 0.717) is 11.8 Å². The molecule has 1 aliphatic heterocycles. The van der Waals surface area contributed by atoms with Gasteiger partial charge in [0.15, 0.2) is 0 Å². The molecule has 0 bridgehead atoms. The van der Waals surface area contributed by atoms with E-state index in [1.54, 1.807) is 0 Å². The molecule has 0 spiro atoms. The molecule has 21 heavy (non-hydrogen) atoms. The van der Waals surface area contributed by atoms with Crippen molar-refractivity contribution in [1.82, 2.24) is 5.32 Å². The second-order valence-corrected chi connectivity index (χ2v) is 7.51. The third-order valence-corrected chi connectivity index (χ3v) is 4.72. The Hall–Kier alpha value is -0.380. The first-order valence-electron chi connectivity index (χ1n) is 8.19. The zero-order valence-corrected chi connectivity index (χ0v) is 14.9. The molecule has 0 aromatic heterocycles. The van der Waals surface area contributed by atoms with Crippen molar-refractivity contribution in [1.29, 1.82) is 0 Å². The van der Waals surface area contributed by atoms with Crippen molar-refractivity contribution in [3.63, 3.8) is 0 Å². The summed E-state index contributed by atoms with van der Waals surface area (Å²) in [6, 6.07) is 8.81. The van der Waals surface area contributed by atoms with Crippen LogP contribution in [0.15, 0.2) is 28.7 Å². The highest BCUT2D eigenvalue weighted by Crippen LogP contribution is 2.30. The number of hydrogen-bond donors (Lipinski definition) is 1. The van der Waals surface area contributed by atoms with Crippen LogP contribution in [0.2, 0.25) is 0 Å². The molecule has 1 atom stereocenters. The van der Waals surface area contributed by atoms with E-state index < -0.39 is 0 Å². The van der Waals surface area contributed by atoms with E-state index in [1.165, 1.54) is 29.3 Å². The van der Waals surface area contributed by atoms with Crippen molar-refractivity contribution < 1.29 is 4.74 Å². The largest absolute Gasteiger partial charge is 0.381 e. The van der Waals surface area contributed by atoms with Gasteiger partial charge in [0.1, 0.15) is 0 Å². The maximum absolute atomic E-state index is 5.50. The normalized spacial score (nSPS) is 18.1. The van der Waals surface area contributed by atoms with Gasteiger partial charge in [-0.05, 0) is 61.3 Å². The third-order valence-electron chi connectivity index (χ3n) is 4.22. The lowest BCUT2D eigenvalue weighted by Gasteiger charge is -2.27. The van der Waals surface area contributed by atoms with Crippen LogP contribution in [-0.2, 0) is 4.74 Å². The fraction of sp³-hybridized carbons (Fsp3) is 0.667. The fourth-order valence-corrected chi connectivity index (χ4v) is 3.45. The average molecular weight is 354 g/mol. The summed E-state index contributed by atoms with van der Waals surface area (Å²) >= 11 is 3.61. The minimum Gasteiger partial charge on any atom is -0.381 e. The Balaban J connectivity index is 1.98. The molecule has 1 saturated heterocycles. The summed E-state index contributed by atoms with van der Waals surface area (Å²) in [6.07, 6.45) is 3.70. The Morgan fingerprint density at radius 3 is 2.67 bits per heavy atom. The van der Waals surface area contributed by atoms with E-state index in [-0.39, 0.29) is 0 Å². The first kappa shape index (κ1) is 17.0. The highest BCUT2D eigenvalue weighted by atomic mass is 79.9. The van der Waals surface area contributed by atoms with Gasteiger partial charge < -0.3 is 10.1 Å². The lowest BCUT2D eigenvalue weighted by atomic mass is 9.85. The molecule has 0 radical (unpaired) electrons. The van der Waals surface area contributed by atoms with Gasteiger partial charge in [0.05, 0.1) is 0 Å². The summed E-state index contributed by atoms with van der Waals surface area (Å²) in [5.74, 6) is 2.11. The number of halogens is 1. The van der Waals surface area contributed by atoms with Crippen molar-refractivity contribution in [3.05, 3.63) is 34.3 Å². The molecule has 1 N–H and O–H groups in total. The predicted octanol–water partition coefficient (Wildman–Crippen LogP) is 4.60. The lowest BCUT2D eigenvalue weighted by Crippen LogP contribution is -2.28. The van der Waals surface area contributed by atoms with Crippen LogP contribution in [0.3, 0.4) is 0 Å². The average Bonchev–Trinajstić information content (AvgIpc) is 2.47. The van der Waals surface area contributed by atoms with Crippen molar-refractivity contribution >= 4 is 15.9 Å². The fourth-order valence-electron chi connectivity index (χ4n) is 3.03. The molecule has 0 aliphatic carbocycles. The zero-order chi connectivity index (χ0) is 15.1. The molecule has 1 aromatic rings. The van der Waals surface area contributed by atoms with E-state index in [1.807, 2.05) is 0 Å². The summed E-state index contributed by atoms with van der Waals surface area (Å²) in [5, 5.41) is 3.65. The Morgan fingerprint density at radius 2 is 2.00 bits per heavy atom. The van der Waals surface area contributed by atoms with Crippen LogP contribution in [0.4, 0.5) is 0 Å². The van der Waals surface area contributed by atoms with Gasteiger partial charge in [0.25, 0.3) is 0 Å². The topological polar surface area (TPSA) is 21.3 Å². The molecular formula is C18H28BrNO. The summed E-state index contributed by atoms with van der Waals surface area (Å²) in [7, 11) is 0. The highest BCUT2D eigenvalue weighted by molar-refractivity contribution is 9.10. The van der Waals surface area contributed by atoms with Gasteiger partial charge in [-0.15, -0.1) is 0 Å². The van der Waals surface area contributed by atoms with Crippen LogP contribution in [0.1, 0.15) is 44.6 Å². The predicted molar refractivity (Wildman–Crippen MR) is 92.8 cm³/mol. The van der Waals surface area contributed by atoms with Gasteiger partial charge in [-0.1, -0.05) is 41.9 Å². The Bertz CT molecular complexity index is 415. The van der Waals surface area contributed by atoms with Crippen LogP contribution in [0.5, 0.6) is 0 Å². The first-order chi connectivity index (χ1) is 10.1. The molecule has 1 unspecified atom stereocenters. The monoisotopic (exact) mass is 353 g/mol. The van der Waals surface area contributed by atoms with Gasteiger partial charge in [0, 0.05) is 24.2 Å². The second kappa shape index (κ2) is 8.92. The first-order valence-corrected chi connectivity index (χ1v) is 8.98. The molecular weight excluding hydrogens is 326 g/mol. The molecule has 2 nitrogen and oxygen atoms in total. The number of hydrogen-bond acceptors (Lipinski definition) is 2. The molecule has 3 heteroatoms. The molecule has 1 aromatic carbocycles. The summed E-state index contributed by atoms with van der Waals surface area (Å²) in [6.45, 7) is 8.58. The summed E-state index contributed by atoms with van der Waals surface area (Å²) < 4.78 is 6.68. The molecule has 118 valence electrons. The van der Waals surface area contributed by atoms with Crippen LogP contribution in [0.25, 0.3) is 0 Å². The second-order valence-electron chi connectivity index (χ2n) is 6.60. The minimum absolute atomic E-state index is 0.601. The van der Waals surface area contributed by atoms with Crippen LogP contribution < -0.4 is 5.32 Å². The van der Waals surface area contributed by atoms with E-state index in [9.17, 15) is 0 Å². The van der Waals surface area contributed by atoms with Crippen molar-refractivity contribution in [2.45, 2.75) is 39.0 Å². The molecule has 1 fully saturated rings. The molecule has 2 rings (SSSR count). The maximum atomic E-state index is 5.50. The number of benzene rings is 1. The SMILES string of the molecule is CC(C)CNCC(CC1CCOCC1)c1cccc(Br)c1. The van der Waals surface area contributed by atoms with E-state index >= 15 is 0 Å². The summed E-state index contributed by atoms with van der Waals surface area (Å²) in [5.41, 5.74) is 1.45. The zero-order valence-electron chi connectivity index (χ0n) is 13.3. The van der Waals surface area contributed by atoms with Crippen molar-refractivity contribution in [2.75, 3.05) is 26.3 Å². The van der Waals surface area contributed by atoms with Gasteiger partial charge >= 0.3 is 0 Å². The third kappa shape index (κ3) is 6.09. The minimum atomic E-state index is 0.601. The Labute approximate surface area is 137 Å². The maximum Gasteiger partial charge on any atom is 0.0468 e. The smallest absolute Gasteiger partial charge is 0.0468 e. The highest BCUT2D eigenvalue weighted by Gasteiger charge is 2.20. The molecule has 0 saturated carbocycles. The van der Waals surface area contributed by atoms with Gasteiger partial charge in [0.2, 0.25) is 0 Å². The van der Waals surface area contributed by atoms with Gasteiger partial charge in [-0.3, -0.25) is 0 Å². The van der Waals surface area contributed by atoms with Crippen molar-refractivity contribution in [2.24, 2.45) is 11.8 Å². The molecule has 1 aliphatic rings. The van der Waals surface area contributed by atoms with Gasteiger partial charge in [-0.25, -0.2) is 0 Å². The molecule has 1 heterocycles. The molecule has 0 amide bonds. The number of nitrogens with one attached hydrogen (secondary N) is 1. The van der Waals surface area contributed by atoms with Crippen LogP contribution >= 0.6 is 15.9 Å². The quantitative estimate of drug-likeness (QED) is 0.773. The van der Waals surface area contributed by atoms with E-state index in [4.69, 9.17) is 4.74 Å². The van der Waals surface area contributed by atoms with Crippen LogP contribution in [-0.4, -0.2) is 26.3 Å². The standard InChI is InChI=1S/C18H28BrNO/c1-14(2)12-20-13-17(10-15-6-8-21-9-7-15)16-4-3-5-18(19)11-16/h3-5,11,14-15,17,20H,6-10,12-13H2,1-2H3.